The van der Waals surface area contributed by atoms with E-state index in [0.717, 1.165) is 41.3 Å². The molecule has 2 aromatic heterocycles. The quantitative estimate of drug-likeness (QED) is 0.539. The summed E-state index contributed by atoms with van der Waals surface area (Å²) in [7, 11) is 0. The van der Waals surface area contributed by atoms with E-state index < -0.39 is 11.9 Å². The molecule has 1 aromatic carbocycles. The third kappa shape index (κ3) is 5.06. The van der Waals surface area contributed by atoms with Gasteiger partial charge in [0.15, 0.2) is 0 Å². The minimum atomic E-state index is -0.835. The van der Waals surface area contributed by atoms with E-state index in [0.29, 0.717) is 31.8 Å². The predicted molar refractivity (Wildman–Crippen MR) is 115 cm³/mol. The Bertz CT molecular complexity index is 1020. The number of para-hydroxylation sites is 1. The number of nitrogens with one attached hydrogen (secondary N) is 1. The Labute approximate surface area is 175 Å². The zero-order valence-corrected chi connectivity index (χ0v) is 17.0. The molecule has 0 bridgehead atoms. The Morgan fingerprint density at radius 3 is 2.77 bits per heavy atom. The Kier molecular flexibility index (Phi) is 6.12. The highest BCUT2D eigenvalue weighted by Crippen LogP contribution is 2.32. The van der Waals surface area contributed by atoms with Gasteiger partial charge in [0.2, 0.25) is 5.91 Å². The highest BCUT2D eigenvalue weighted by atomic mass is 16.4. The van der Waals surface area contributed by atoms with Gasteiger partial charge in [-0.05, 0) is 48.4 Å². The summed E-state index contributed by atoms with van der Waals surface area (Å²) in [5, 5.41) is 13.7. The van der Waals surface area contributed by atoms with Gasteiger partial charge in [-0.15, -0.1) is 0 Å². The van der Waals surface area contributed by atoms with Crippen LogP contribution in [0, 0.1) is 11.8 Å². The Morgan fingerprint density at radius 2 is 2.03 bits per heavy atom. The van der Waals surface area contributed by atoms with Crippen molar-refractivity contribution in [3.05, 3.63) is 66.1 Å². The smallest absolute Gasteiger partial charge is 0.308 e. The van der Waals surface area contributed by atoms with Crippen LogP contribution in [0.3, 0.4) is 0 Å². The monoisotopic (exact) mass is 405 g/mol. The SMILES string of the molecule is O=C(CC1CC1)NCCC(Cn1cc(Cc2cccnc2)c2ccccc21)C(=O)O. The van der Waals surface area contributed by atoms with Gasteiger partial charge in [0.1, 0.15) is 0 Å². The first-order valence-electron chi connectivity index (χ1n) is 10.6. The number of carbonyl (C=O) groups excluding carboxylic acids is 1. The van der Waals surface area contributed by atoms with Gasteiger partial charge in [-0.2, -0.15) is 0 Å². The zero-order valence-electron chi connectivity index (χ0n) is 17.0. The molecular formula is C24H27N3O3. The van der Waals surface area contributed by atoms with E-state index in [4.69, 9.17) is 0 Å². The van der Waals surface area contributed by atoms with Crippen LogP contribution in [0.2, 0.25) is 0 Å². The Morgan fingerprint density at radius 1 is 1.20 bits per heavy atom. The molecule has 0 saturated heterocycles. The lowest BCUT2D eigenvalue weighted by Gasteiger charge is -2.15. The number of carbonyl (C=O) groups is 2. The van der Waals surface area contributed by atoms with Gasteiger partial charge < -0.3 is 15.0 Å². The molecule has 0 aliphatic heterocycles. The largest absolute Gasteiger partial charge is 0.481 e. The van der Waals surface area contributed by atoms with Crippen LogP contribution in [0.5, 0.6) is 0 Å². The normalized spacial score (nSPS) is 14.5. The number of hydrogen-bond acceptors (Lipinski definition) is 3. The molecule has 1 unspecified atom stereocenters. The van der Waals surface area contributed by atoms with Gasteiger partial charge in [0, 0.05) is 55.4 Å². The molecule has 1 amide bonds. The molecule has 2 heterocycles. The van der Waals surface area contributed by atoms with E-state index in [9.17, 15) is 14.7 Å². The number of carboxylic acid groups (broad SMARTS) is 1. The molecule has 0 spiro atoms. The van der Waals surface area contributed by atoms with Crippen LogP contribution in [-0.2, 0) is 22.6 Å². The van der Waals surface area contributed by atoms with Gasteiger partial charge in [-0.1, -0.05) is 24.3 Å². The molecule has 4 rings (SSSR count). The summed E-state index contributed by atoms with van der Waals surface area (Å²) < 4.78 is 2.03. The van der Waals surface area contributed by atoms with Gasteiger partial charge in [0.05, 0.1) is 5.92 Å². The maximum absolute atomic E-state index is 11.9. The predicted octanol–water partition coefficient (Wildman–Crippen LogP) is 3.63. The second-order valence-corrected chi connectivity index (χ2v) is 8.18. The molecule has 1 aliphatic carbocycles. The van der Waals surface area contributed by atoms with Crippen molar-refractivity contribution in [3.63, 3.8) is 0 Å². The minimum absolute atomic E-state index is 0.0341. The highest BCUT2D eigenvalue weighted by Gasteiger charge is 2.25. The molecule has 1 saturated carbocycles. The highest BCUT2D eigenvalue weighted by molar-refractivity contribution is 5.84. The number of rotatable bonds is 10. The number of aromatic nitrogens is 2. The van der Waals surface area contributed by atoms with Crippen molar-refractivity contribution in [2.45, 2.75) is 38.6 Å². The molecule has 1 atom stereocenters. The van der Waals surface area contributed by atoms with Crippen molar-refractivity contribution in [1.82, 2.24) is 14.9 Å². The van der Waals surface area contributed by atoms with Gasteiger partial charge in [0.25, 0.3) is 0 Å². The molecule has 2 N–H and O–H groups in total. The van der Waals surface area contributed by atoms with Crippen molar-refractivity contribution >= 4 is 22.8 Å². The number of amides is 1. The number of benzene rings is 1. The summed E-state index contributed by atoms with van der Waals surface area (Å²) in [6.45, 7) is 0.769. The van der Waals surface area contributed by atoms with Gasteiger partial charge in [-0.25, -0.2) is 0 Å². The maximum Gasteiger partial charge on any atom is 0.308 e. The molecule has 3 aromatic rings. The molecular weight excluding hydrogens is 378 g/mol. The Hall–Kier alpha value is -3.15. The summed E-state index contributed by atoms with van der Waals surface area (Å²) in [6.07, 6.45) is 9.66. The van der Waals surface area contributed by atoms with E-state index in [1.165, 1.54) is 0 Å². The topological polar surface area (TPSA) is 84.2 Å². The zero-order chi connectivity index (χ0) is 20.9. The van der Waals surface area contributed by atoms with Crippen LogP contribution < -0.4 is 5.32 Å². The molecule has 1 fully saturated rings. The van der Waals surface area contributed by atoms with Gasteiger partial charge in [-0.3, -0.25) is 14.6 Å². The Balaban J connectivity index is 1.46. The third-order valence-electron chi connectivity index (χ3n) is 5.74. The fraction of sp³-hybridized carbons (Fsp3) is 0.375. The standard InChI is InChI=1S/C24H27N3O3/c28-23(13-17-7-8-17)26-11-9-19(24(29)30)15-27-16-20(12-18-4-3-10-25-14-18)21-5-1-2-6-22(21)27/h1-6,10,14,16-17,19H,7-9,11-13,15H2,(H,26,28)(H,29,30). The van der Waals surface area contributed by atoms with E-state index in [2.05, 4.69) is 22.6 Å². The molecule has 30 heavy (non-hydrogen) atoms. The maximum atomic E-state index is 11.9. The van der Waals surface area contributed by atoms with Crippen molar-refractivity contribution in [2.75, 3.05) is 6.54 Å². The lowest BCUT2D eigenvalue weighted by Crippen LogP contribution is -2.29. The van der Waals surface area contributed by atoms with Crippen LogP contribution in [0.25, 0.3) is 10.9 Å². The summed E-state index contributed by atoms with van der Waals surface area (Å²) >= 11 is 0. The van der Waals surface area contributed by atoms with E-state index >= 15 is 0 Å². The number of hydrogen-bond donors (Lipinski definition) is 2. The first-order chi connectivity index (χ1) is 14.6. The number of fused-ring (bicyclic) bond motifs is 1. The molecule has 156 valence electrons. The third-order valence-corrected chi connectivity index (χ3v) is 5.74. The second kappa shape index (κ2) is 9.11. The minimum Gasteiger partial charge on any atom is -0.481 e. The lowest BCUT2D eigenvalue weighted by atomic mass is 10.1. The molecule has 6 nitrogen and oxygen atoms in total. The first-order valence-corrected chi connectivity index (χ1v) is 10.6. The fourth-order valence-corrected chi connectivity index (χ4v) is 3.91. The van der Waals surface area contributed by atoms with E-state index in [-0.39, 0.29) is 5.91 Å². The molecule has 1 aliphatic rings. The first kappa shape index (κ1) is 20.1. The van der Waals surface area contributed by atoms with Crippen molar-refractivity contribution in [3.8, 4) is 0 Å². The summed E-state index contributed by atoms with van der Waals surface area (Å²) in [5.41, 5.74) is 3.30. The van der Waals surface area contributed by atoms with Crippen LogP contribution in [-0.4, -0.2) is 33.1 Å². The number of carboxylic acids is 1. The summed E-state index contributed by atoms with van der Waals surface area (Å²) in [5.74, 6) is -0.831. The van der Waals surface area contributed by atoms with Crippen LogP contribution in [0.4, 0.5) is 0 Å². The van der Waals surface area contributed by atoms with Crippen LogP contribution in [0.1, 0.15) is 36.8 Å². The number of nitrogens with zero attached hydrogens (tertiary/aromatic N) is 2. The lowest BCUT2D eigenvalue weighted by molar-refractivity contribution is -0.142. The number of aliphatic carboxylic acids is 1. The average Bonchev–Trinajstić information content (AvgIpc) is 3.49. The van der Waals surface area contributed by atoms with Gasteiger partial charge >= 0.3 is 5.97 Å². The van der Waals surface area contributed by atoms with Crippen molar-refractivity contribution in [1.29, 1.82) is 0 Å². The summed E-state index contributed by atoms with van der Waals surface area (Å²) in [6, 6.07) is 12.0. The van der Waals surface area contributed by atoms with Crippen molar-refractivity contribution in [2.24, 2.45) is 11.8 Å². The average molecular weight is 405 g/mol. The van der Waals surface area contributed by atoms with E-state index in [1.54, 1.807) is 6.20 Å². The summed E-state index contributed by atoms with van der Waals surface area (Å²) in [4.78, 5) is 27.9. The van der Waals surface area contributed by atoms with E-state index in [1.807, 2.05) is 41.1 Å². The second-order valence-electron chi connectivity index (χ2n) is 8.18. The van der Waals surface area contributed by atoms with Crippen molar-refractivity contribution < 1.29 is 14.7 Å². The molecule has 6 heteroatoms. The van der Waals surface area contributed by atoms with Crippen LogP contribution in [0.15, 0.2) is 55.0 Å². The van der Waals surface area contributed by atoms with Crippen LogP contribution >= 0.6 is 0 Å². The fourth-order valence-electron chi connectivity index (χ4n) is 3.91. The number of pyridine rings is 1. The molecule has 0 radical (unpaired) electrons.